The molecule has 0 saturated carbocycles. The molecular formula is C15H21FN4O2S. The Balaban J connectivity index is 2.34. The average Bonchev–Trinajstić information content (AvgIpc) is 3.04. The predicted octanol–water partition coefficient (Wildman–Crippen LogP) is 1.81. The molecule has 6 nitrogen and oxygen atoms in total. The number of nitrogens with one attached hydrogen (secondary N) is 1. The first-order valence-corrected chi connectivity index (χ1v) is 8.89. The van der Waals surface area contributed by atoms with Gasteiger partial charge in [-0.3, -0.25) is 0 Å². The van der Waals surface area contributed by atoms with Gasteiger partial charge in [-0.2, -0.15) is 5.10 Å². The summed E-state index contributed by atoms with van der Waals surface area (Å²) in [6.07, 6.45) is 3.62. The van der Waals surface area contributed by atoms with E-state index in [1.807, 2.05) is 13.8 Å². The van der Waals surface area contributed by atoms with Crippen molar-refractivity contribution in [1.29, 1.82) is 0 Å². The van der Waals surface area contributed by atoms with Crippen LogP contribution < -0.4 is 10.5 Å². The Labute approximate surface area is 135 Å². The van der Waals surface area contributed by atoms with Crippen molar-refractivity contribution in [2.45, 2.75) is 37.1 Å². The smallest absolute Gasteiger partial charge is 0.244 e. The highest BCUT2D eigenvalue weighted by Crippen LogP contribution is 2.20. The number of nitrogens with two attached hydrogens (primary N) is 1. The maximum atomic E-state index is 13.8. The van der Waals surface area contributed by atoms with Gasteiger partial charge in [0.15, 0.2) is 0 Å². The second-order valence-corrected chi connectivity index (χ2v) is 7.05. The summed E-state index contributed by atoms with van der Waals surface area (Å²) in [6.45, 7) is 3.95. The molecule has 0 spiro atoms. The van der Waals surface area contributed by atoms with Crippen LogP contribution in [0.15, 0.2) is 41.6 Å². The summed E-state index contributed by atoms with van der Waals surface area (Å²) in [5.41, 5.74) is 5.22. The van der Waals surface area contributed by atoms with E-state index in [4.69, 9.17) is 5.73 Å². The molecule has 2 rings (SSSR count). The maximum absolute atomic E-state index is 13.8. The van der Waals surface area contributed by atoms with Gasteiger partial charge in [-0.25, -0.2) is 22.2 Å². The first kappa shape index (κ1) is 17.6. The summed E-state index contributed by atoms with van der Waals surface area (Å²) in [5.74, 6) is -0.481. The zero-order chi connectivity index (χ0) is 17.1. The first-order valence-electron chi connectivity index (χ1n) is 7.41. The van der Waals surface area contributed by atoms with Crippen LogP contribution in [0, 0.1) is 5.82 Å². The second kappa shape index (κ2) is 6.77. The first-order chi connectivity index (χ1) is 10.9. The van der Waals surface area contributed by atoms with E-state index in [2.05, 4.69) is 9.82 Å². The molecule has 1 aromatic heterocycles. The summed E-state index contributed by atoms with van der Waals surface area (Å²) in [4.78, 5) is -0.0273. The Morgan fingerprint density at radius 1 is 1.30 bits per heavy atom. The minimum atomic E-state index is -3.79. The van der Waals surface area contributed by atoms with Crippen LogP contribution in [-0.2, 0) is 10.0 Å². The highest BCUT2D eigenvalue weighted by Gasteiger charge is 2.31. The van der Waals surface area contributed by atoms with Gasteiger partial charge in [-0.05, 0) is 25.0 Å². The number of halogens is 1. The molecule has 2 aromatic rings. The van der Waals surface area contributed by atoms with Gasteiger partial charge in [0.25, 0.3) is 0 Å². The zero-order valence-corrected chi connectivity index (χ0v) is 14.0. The molecular weight excluding hydrogens is 319 g/mol. The summed E-state index contributed by atoms with van der Waals surface area (Å²) < 4.78 is 42.7. The standard InChI is InChI=1S/C15H21FN4O2S/c1-3-15(4-2,11-17)19-23(21,22)12-9-18-20(10-12)14-8-6-5-7-13(14)16/h5-10,19H,3-4,11,17H2,1-2H3. The molecule has 0 unspecified atom stereocenters. The lowest BCUT2D eigenvalue weighted by Crippen LogP contribution is -2.52. The molecule has 0 aliphatic carbocycles. The van der Waals surface area contributed by atoms with Crippen molar-refractivity contribution in [2.75, 3.05) is 6.54 Å². The van der Waals surface area contributed by atoms with Crippen LogP contribution in [0.25, 0.3) is 5.69 Å². The molecule has 8 heteroatoms. The second-order valence-electron chi connectivity index (χ2n) is 5.37. The quantitative estimate of drug-likeness (QED) is 0.804. The van der Waals surface area contributed by atoms with Crippen molar-refractivity contribution in [1.82, 2.24) is 14.5 Å². The van der Waals surface area contributed by atoms with Crippen LogP contribution in [0.1, 0.15) is 26.7 Å². The summed E-state index contributed by atoms with van der Waals surface area (Å²) in [6, 6.07) is 6.02. The molecule has 0 amide bonds. The van der Waals surface area contributed by atoms with E-state index in [0.717, 1.165) is 0 Å². The average molecular weight is 340 g/mol. The van der Waals surface area contributed by atoms with E-state index in [9.17, 15) is 12.8 Å². The van der Waals surface area contributed by atoms with Crippen LogP contribution >= 0.6 is 0 Å². The van der Waals surface area contributed by atoms with Crippen LogP contribution in [0.3, 0.4) is 0 Å². The Hall–Kier alpha value is -1.77. The number of benzene rings is 1. The normalized spacial score (nSPS) is 12.5. The SMILES string of the molecule is CCC(CC)(CN)NS(=O)(=O)c1cnn(-c2ccccc2F)c1. The van der Waals surface area contributed by atoms with E-state index >= 15 is 0 Å². The number of hydrogen-bond acceptors (Lipinski definition) is 4. The van der Waals surface area contributed by atoms with Gasteiger partial charge in [0.2, 0.25) is 10.0 Å². The highest BCUT2D eigenvalue weighted by molar-refractivity contribution is 7.89. The monoisotopic (exact) mass is 340 g/mol. The lowest BCUT2D eigenvalue weighted by atomic mass is 9.95. The Morgan fingerprint density at radius 2 is 1.96 bits per heavy atom. The van der Waals surface area contributed by atoms with Crippen LogP contribution in [0.4, 0.5) is 4.39 Å². The van der Waals surface area contributed by atoms with Crippen molar-refractivity contribution in [3.8, 4) is 5.69 Å². The summed E-state index contributed by atoms with van der Waals surface area (Å²) in [5, 5.41) is 3.95. The topological polar surface area (TPSA) is 90.0 Å². The number of hydrogen-bond donors (Lipinski definition) is 2. The van der Waals surface area contributed by atoms with Gasteiger partial charge in [-0.1, -0.05) is 26.0 Å². The highest BCUT2D eigenvalue weighted by atomic mass is 32.2. The fourth-order valence-electron chi connectivity index (χ4n) is 2.28. The third-order valence-corrected chi connectivity index (χ3v) is 5.60. The molecule has 0 atom stereocenters. The van der Waals surface area contributed by atoms with Crippen molar-refractivity contribution in [2.24, 2.45) is 5.73 Å². The van der Waals surface area contributed by atoms with Gasteiger partial charge < -0.3 is 5.73 Å². The van der Waals surface area contributed by atoms with Crippen LogP contribution in [0.5, 0.6) is 0 Å². The minimum absolute atomic E-state index is 0.0273. The number of sulfonamides is 1. The summed E-state index contributed by atoms with van der Waals surface area (Å²) >= 11 is 0. The molecule has 0 saturated heterocycles. The molecule has 126 valence electrons. The van der Waals surface area contributed by atoms with E-state index in [1.54, 1.807) is 12.1 Å². The molecule has 1 heterocycles. The van der Waals surface area contributed by atoms with Gasteiger partial charge >= 0.3 is 0 Å². The molecule has 0 aliphatic heterocycles. The number of aromatic nitrogens is 2. The third kappa shape index (κ3) is 3.60. The lowest BCUT2D eigenvalue weighted by Gasteiger charge is -2.30. The maximum Gasteiger partial charge on any atom is 0.244 e. The lowest BCUT2D eigenvalue weighted by molar-refractivity contribution is 0.363. The van der Waals surface area contributed by atoms with Crippen molar-refractivity contribution >= 4 is 10.0 Å². The Morgan fingerprint density at radius 3 is 2.52 bits per heavy atom. The fraction of sp³-hybridized carbons (Fsp3) is 0.400. The Bertz CT molecular complexity index is 761. The number of para-hydroxylation sites is 1. The van der Waals surface area contributed by atoms with Crippen molar-refractivity contribution in [3.63, 3.8) is 0 Å². The van der Waals surface area contributed by atoms with Gasteiger partial charge in [0.1, 0.15) is 16.4 Å². The zero-order valence-electron chi connectivity index (χ0n) is 13.2. The van der Waals surface area contributed by atoms with Crippen LogP contribution in [-0.4, -0.2) is 30.3 Å². The molecule has 23 heavy (non-hydrogen) atoms. The molecule has 3 N–H and O–H groups in total. The number of rotatable bonds is 7. The Kier molecular flexibility index (Phi) is 5.18. The largest absolute Gasteiger partial charge is 0.329 e. The molecule has 0 bridgehead atoms. The van der Waals surface area contributed by atoms with Crippen molar-refractivity contribution in [3.05, 3.63) is 42.5 Å². The number of nitrogens with zero attached hydrogens (tertiary/aromatic N) is 2. The third-order valence-electron chi connectivity index (χ3n) is 4.06. The van der Waals surface area contributed by atoms with Gasteiger partial charge in [-0.15, -0.1) is 0 Å². The van der Waals surface area contributed by atoms with Crippen molar-refractivity contribution < 1.29 is 12.8 Å². The van der Waals surface area contributed by atoms with E-state index in [1.165, 1.54) is 29.2 Å². The summed E-state index contributed by atoms with van der Waals surface area (Å²) in [7, 11) is -3.79. The van der Waals surface area contributed by atoms with E-state index in [-0.39, 0.29) is 17.1 Å². The van der Waals surface area contributed by atoms with E-state index in [0.29, 0.717) is 12.8 Å². The molecule has 0 aliphatic rings. The van der Waals surface area contributed by atoms with Gasteiger partial charge in [0.05, 0.1) is 12.4 Å². The minimum Gasteiger partial charge on any atom is -0.329 e. The fourth-order valence-corrected chi connectivity index (χ4v) is 3.77. The predicted molar refractivity (Wildman–Crippen MR) is 86.2 cm³/mol. The molecule has 1 aromatic carbocycles. The molecule has 0 radical (unpaired) electrons. The van der Waals surface area contributed by atoms with E-state index < -0.39 is 21.4 Å². The van der Waals surface area contributed by atoms with Crippen LogP contribution in [0.2, 0.25) is 0 Å². The molecule has 0 fully saturated rings. The van der Waals surface area contributed by atoms with Gasteiger partial charge in [0, 0.05) is 12.1 Å².